The number of anilines is 3. The summed E-state index contributed by atoms with van der Waals surface area (Å²) in [6.45, 7) is -0.882. The number of fused-ring (bicyclic) bond motifs is 1. The third kappa shape index (κ3) is 15.6. The first kappa shape index (κ1) is 55.4. The summed E-state index contributed by atoms with van der Waals surface area (Å²) in [4.78, 5) is 22.9. The molecule has 4 aromatic carbocycles. The number of halogens is 2. The summed E-state index contributed by atoms with van der Waals surface area (Å²) < 4.78 is 101. The minimum Gasteiger partial charge on any atom is -0.744 e. The van der Waals surface area contributed by atoms with E-state index >= 15 is 0 Å². The predicted molar refractivity (Wildman–Crippen MR) is 194 cm³/mol. The molecule has 59 heavy (non-hydrogen) atoms. The molecular formula is C29H22Cl2N7Na3O14S4. The van der Waals surface area contributed by atoms with Gasteiger partial charge in [0.2, 0.25) is 26.9 Å². The Labute approximate surface area is 416 Å². The fourth-order valence-electron chi connectivity index (χ4n) is 4.52. The molecule has 1 aromatic heterocycles. The van der Waals surface area contributed by atoms with Crippen molar-refractivity contribution in [2.24, 2.45) is 10.2 Å². The predicted octanol–water partition coefficient (Wildman–Crippen LogP) is -4.52. The van der Waals surface area contributed by atoms with E-state index in [0.29, 0.717) is 0 Å². The van der Waals surface area contributed by atoms with Crippen molar-refractivity contribution in [1.29, 1.82) is 0 Å². The van der Waals surface area contributed by atoms with Crippen LogP contribution in [0.2, 0.25) is 10.6 Å². The Bertz CT molecular complexity index is 2650. The maximum atomic E-state index is 13.0. The number of nitrogens with one attached hydrogen (secondary N) is 2. The van der Waals surface area contributed by atoms with Crippen LogP contribution in [0.3, 0.4) is 0 Å². The Kier molecular flexibility index (Phi) is 22.3. The molecule has 1 amide bonds. The molecule has 0 saturated carbocycles. The van der Waals surface area contributed by atoms with Crippen LogP contribution in [0.1, 0.15) is 17.8 Å². The number of phenols is 1. The van der Waals surface area contributed by atoms with Gasteiger partial charge in [0, 0.05) is 16.6 Å². The quantitative estimate of drug-likeness (QED) is 0.0169. The van der Waals surface area contributed by atoms with Crippen molar-refractivity contribution in [3.63, 3.8) is 0 Å². The summed E-state index contributed by atoms with van der Waals surface area (Å²) in [6, 6.07) is 13.6. The van der Waals surface area contributed by atoms with E-state index in [1.807, 2.05) is 0 Å². The Morgan fingerprint density at radius 3 is 2.12 bits per heavy atom. The van der Waals surface area contributed by atoms with Crippen LogP contribution >= 0.6 is 35.2 Å². The number of aromatic nitrogens is 3. The molecule has 298 valence electrons. The molecule has 0 aliphatic carbocycles. The minimum atomic E-state index is -5.18. The number of hydrogen-bond donors (Lipinski definition) is 3. The molecule has 0 unspecified atom stereocenters. The zero-order chi connectivity index (χ0) is 40.1. The van der Waals surface area contributed by atoms with Gasteiger partial charge in [-0.15, -0.1) is 5.11 Å². The average molecular weight is 961 g/mol. The standard InChI is InChI=1S/C28H21Cl2N7O14S4.CH4.3Na/c29-26-33-27(30)35-28(34-26)32-20-13-19-15(12-22(20)54(43,44)45)11-21(52-51-50-40)23(24(19)38)37-36-17-3-1-2-14(10-17)25(39)31-16-4-6-18(7-5-16)53(41,42)9-8-49-55(46,47)48;;;;/h1-7,10-13,38,40H,8-9H2,(H,31,39)(H,43,44,45)(H,46,47,48)(H,32,33,34,35);1H4;;;/q;;3*+1/p-3. The van der Waals surface area contributed by atoms with E-state index in [1.54, 1.807) is 0 Å². The van der Waals surface area contributed by atoms with Gasteiger partial charge in [0.25, 0.3) is 5.91 Å². The number of carbonyl (C=O) groups is 1. The molecule has 5 rings (SSSR count). The van der Waals surface area contributed by atoms with Gasteiger partial charge in [0.1, 0.15) is 15.8 Å². The first-order valence-electron chi connectivity index (χ1n) is 14.4. The molecule has 0 radical (unpaired) electrons. The SMILES string of the molecule is C.O=C(Nc1ccc(S(=O)(=O)CCOS(=O)(=O)[O-])cc1)c1cccc(N=Nc2c(SOO[O-])cc3cc(S(=O)(=O)[O-])c(Nc4nc(Cl)nc(Cl)n4)cc3c2O)c1.[Na+].[Na+].[Na+]. The number of azo groups is 1. The maximum absolute atomic E-state index is 13.0. The van der Waals surface area contributed by atoms with Crippen molar-refractivity contribution in [1.82, 2.24) is 15.0 Å². The summed E-state index contributed by atoms with van der Waals surface area (Å²) in [5, 5.41) is 37.6. The molecule has 0 bridgehead atoms. The molecule has 0 atom stereocenters. The fraction of sp³-hybridized carbons (Fsp3) is 0.103. The molecule has 0 aliphatic rings. The van der Waals surface area contributed by atoms with Crippen LogP contribution in [0, 0.1) is 0 Å². The minimum absolute atomic E-state index is 0. The van der Waals surface area contributed by atoms with E-state index in [2.05, 4.69) is 49.4 Å². The first-order valence-corrected chi connectivity index (χ1v) is 20.3. The van der Waals surface area contributed by atoms with Crippen molar-refractivity contribution in [2.75, 3.05) is 23.0 Å². The van der Waals surface area contributed by atoms with Crippen LogP contribution in [-0.2, 0) is 43.9 Å². The molecule has 0 spiro atoms. The van der Waals surface area contributed by atoms with E-state index in [9.17, 15) is 49.5 Å². The molecule has 3 N–H and O–H groups in total. The maximum Gasteiger partial charge on any atom is 1.00 e. The Morgan fingerprint density at radius 2 is 1.53 bits per heavy atom. The Hall–Kier alpha value is -1.64. The van der Waals surface area contributed by atoms with Crippen molar-refractivity contribution in [3.8, 4) is 5.75 Å². The third-order valence-electron chi connectivity index (χ3n) is 6.82. The van der Waals surface area contributed by atoms with Gasteiger partial charge in [-0.3, -0.25) is 14.0 Å². The van der Waals surface area contributed by atoms with Gasteiger partial charge in [0.05, 0.1) is 50.5 Å². The van der Waals surface area contributed by atoms with Gasteiger partial charge < -0.3 is 30.1 Å². The van der Waals surface area contributed by atoms with Crippen molar-refractivity contribution >= 4 is 111 Å². The van der Waals surface area contributed by atoms with Crippen molar-refractivity contribution in [2.45, 2.75) is 22.1 Å². The Balaban J connectivity index is 0.00000435. The fourth-order valence-corrected chi connectivity index (χ4v) is 7.51. The number of phenolic OH excluding ortho intramolecular Hbond substituents is 1. The summed E-state index contributed by atoms with van der Waals surface area (Å²) >= 11 is 11.9. The van der Waals surface area contributed by atoms with Crippen LogP contribution in [0.4, 0.5) is 28.7 Å². The van der Waals surface area contributed by atoms with Crippen LogP contribution in [0.15, 0.2) is 91.6 Å². The monoisotopic (exact) mass is 959 g/mol. The second-order valence-corrected chi connectivity index (χ2v) is 16.3. The van der Waals surface area contributed by atoms with E-state index in [1.165, 1.54) is 42.5 Å². The van der Waals surface area contributed by atoms with Crippen LogP contribution in [0.5, 0.6) is 5.75 Å². The van der Waals surface area contributed by atoms with Crippen molar-refractivity contribution < 1.29 is 152 Å². The molecule has 0 aliphatic heterocycles. The van der Waals surface area contributed by atoms with E-state index in [-0.39, 0.29) is 168 Å². The van der Waals surface area contributed by atoms with E-state index < -0.39 is 65.0 Å². The zero-order valence-corrected chi connectivity index (χ0v) is 40.4. The van der Waals surface area contributed by atoms with Gasteiger partial charge in [0.15, 0.2) is 15.6 Å². The summed E-state index contributed by atoms with van der Waals surface area (Å²) in [7, 11) is -14.3. The molecule has 21 nitrogen and oxygen atoms in total. The number of sulfone groups is 1. The smallest absolute Gasteiger partial charge is 0.744 e. The normalized spacial score (nSPS) is 11.5. The van der Waals surface area contributed by atoms with Gasteiger partial charge in [-0.25, -0.2) is 25.3 Å². The molecule has 0 fully saturated rings. The third-order valence-corrected chi connectivity index (χ3v) is 10.8. The Morgan fingerprint density at radius 1 is 0.881 bits per heavy atom. The summed E-state index contributed by atoms with van der Waals surface area (Å²) in [5.74, 6) is -2.46. The summed E-state index contributed by atoms with van der Waals surface area (Å²) in [6.07, 6.45) is 0. The van der Waals surface area contributed by atoms with Crippen LogP contribution in [0.25, 0.3) is 10.8 Å². The largest absolute Gasteiger partial charge is 1.00 e. The molecular weight excluding hydrogens is 938 g/mol. The number of aromatic hydroxyl groups is 1. The first-order chi connectivity index (χ1) is 25.8. The van der Waals surface area contributed by atoms with Gasteiger partial charge in [-0.1, -0.05) is 13.5 Å². The summed E-state index contributed by atoms with van der Waals surface area (Å²) in [5.41, 5.74) is -0.467. The number of benzene rings is 4. The van der Waals surface area contributed by atoms with Gasteiger partial charge in [-0.05, 0) is 89.3 Å². The van der Waals surface area contributed by atoms with Gasteiger partial charge >= 0.3 is 88.7 Å². The number of hydrogen-bond acceptors (Lipinski definition) is 21. The second-order valence-electron chi connectivity index (χ2n) is 10.4. The number of carbonyl (C=O) groups excluding carboxylic acids is 1. The van der Waals surface area contributed by atoms with E-state index in [4.69, 9.17) is 23.2 Å². The van der Waals surface area contributed by atoms with Crippen molar-refractivity contribution in [3.05, 3.63) is 82.9 Å². The number of nitrogens with zero attached hydrogens (tertiary/aromatic N) is 5. The molecule has 5 aromatic rings. The average Bonchev–Trinajstić information content (AvgIpc) is 3.09. The molecule has 1 heterocycles. The number of amides is 1. The van der Waals surface area contributed by atoms with Crippen LogP contribution < -0.4 is 105 Å². The van der Waals surface area contributed by atoms with E-state index in [0.717, 1.165) is 24.3 Å². The zero-order valence-electron chi connectivity index (χ0n) is 29.6. The van der Waals surface area contributed by atoms with Crippen LogP contribution in [-0.4, -0.2) is 72.7 Å². The molecule has 30 heteroatoms. The second kappa shape index (κ2) is 23.7. The van der Waals surface area contributed by atoms with Gasteiger partial charge in [-0.2, -0.15) is 24.4 Å². The topological polar surface area (TPSA) is 324 Å². The molecule has 0 saturated heterocycles. The number of rotatable bonds is 15.